The van der Waals surface area contributed by atoms with Crippen LogP contribution in [0.25, 0.3) is 0 Å². The van der Waals surface area contributed by atoms with E-state index in [9.17, 15) is 9.59 Å². The number of hydrogen-bond acceptors (Lipinski definition) is 6. The molecule has 0 atom stereocenters. The van der Waals surface area contributed by atoms with E-state index in [0.29, 0.717) is 5.69 Å². The average Bonchev–Trinajstić information content (AvgIpc) is 2.36. The lowest BCUT2D eigenvalue weighted by Crippen LogP contribution is -2.29. The summed E-state index contributed by atoms with van der Waals surface area (Å²) in [6, 6.07) is 6.25. The molecule has 0 aromatic heterocycles. The van der Waals surface area contributed by atoms with Crippen molar-refractivity contribution in [3.05, 3.63) is 23.8 Å². The van der Waals surface area contributed by atoms with Gasteiger partial charge in [0.1, 0.15) is 0 Å². The van der Waals surface area contributed by atoms with E-state index >= 15 is 0 Å². The van der Waals surface area contributed by atoms with Gasteiger partial charge in [-0.3, -0.25) is 4.79 Å². The number of nitrogens with zero attached hydrogens (tertiary/aromatic N) is 1. The molecule has 0 aliphatic heterocycles. The minimum atomic E-state index is -0.701. The largest absolute Gasteiger partial charge is 0.452 e. The van der Waals surface area contributed by atoms with Gasteiger partial charge in [0.05, 0.1) is 18.1 Å². The Morgan fingerprint density at radius 3 is 2.74 bits per heavy atom. The number of nitrogens with one attached hydrogen (secondary N) is 1. The Labute approximate surface area is 110 Å². The van der Waals surface area contributed by atoms with Gasteiger partial charge in [0, 0.05) is 17.9 Å². The summed E-state index contributed by atoms with van der Waals surface area (Å²) in [5.41, 5.74) is 11.9. The van der Waals surface area contributed by atoms with Crippen LogP contribution in [-0.2, 0) is 9.53 Å². The number of rotatable bonds is 5. The SMILES string of the molecule is N#CCCNC(=O)COC(=O)c1ccc(N)cc1N. The zero-order valence-corrected chi connectivity index (χ0v) is 10.2. The van der Waals surface area contributed by atoms with Crippen molar-refractivity contribution < 1.29 is 14.3 Å². The molecule has 0 saturated carbocycles. The number of nitrogen functional groups attached to an aromatic ring is 2. The maximum absolute atomic E-state index is 11.6. The Morgan fingerprint density at radius 1 is 1.37 bits per heavy atom. The van der Waals surface area contributed by atoms with Gasteiger partial charge >= 0.3 is 5.97 Å². The highest BCUT2D eigenvalue weighted by Crippen LogP contribution is 2.16. The fourth-order valence-electron chi connectivity index (χ4n) is 1.28. The number of ether oxygens (including phenoxy) is 1. The monoisotopic (exact) mass is 262 g/mol. The number of esters is 1. The van der Waals surface area contributed by atoms with Gasteiger partial charge in [0.25, 0.3) is 5.91 Å². The highest BCUT2D eigenvalue weighted by Gasteiger charge is 2.13. The number of hydrogen-bond donors (Lipinski definition) is 3. The second-order valence-electron chi connectivity index (χ2n) is 3.68. The minimum Gasteiger partial charge on any atom is -0.452 e. The van der Waals surface area contributed by atoms with Crippen LogP contribution >= 0.6 is 0 Å². The first-order valence-electron chi connectivity index (χ1n) is 5.50. The second-order valence-corrected chi connectivity index (χ2v) is 3.68. The van der Waals surface area contributed by atoms with Crippen molar-refractivity contribution in [2.75, 3.05) is 24.6 Å². The van der Waals surface area contributed by atoms with Gasteiger partial charge in [-0.2, -0.15) is 5.26 Å². The second kappa shape index (κ2) is 6.86. The number of nitrogens with two attached hydrogens (primary N) is 2. The average molecular weight is 262 g/mol. The van der Waals surface area contributed by atoms with Crippen LogP contribution < -0.4 is 16.8 Å². The lowest BCUT2D eigenvalue weighted by Gasteiger charge is -2.07. The van der Waals surface area contributed by atoms with E-state index in [1.807, 2.05) is 6.07 Å². The molecule has 100 valence electrons. The van der Waals surface area contributed by atoms with Crippen molar-refractivity contribution in [3.8, 4) is 6.07 Å². The Bertz CT molecular complexity index is 522. The topological polar surface area (TPSA) is 131 Å². The summed E-state index contributed by atoms with van der Waals surface area (Å²) in [4.78, 5) is 22.9. The number of benzene rings is 1. The zero-order chi connectivity index (χ0) is 14.3. The molecule has 0 bridgehead atoms. The Hall–Kier alpha value is -2.75. The third kappa shape index (κ3) is 4.55. The van der Waals surface area contributed by atoms with Gasteiger partial charge in [-0.15, -0.1) is 0 Å². The van der Waals surface area contributed by atoms with Gasteiger partial charge in [-0.25, -0.2) is 4.79 Å². The Kier molecular flexibility index (Phi) is 5.17. The van der Waals surface area contributed by atoms with E-state index in [4.69, 9.17) is 21.5 Å². The first kappa shape index (κ1) is 14.3. The van der Waals surface area contributed by atoms with Crippen LogP contribution in [0.4, 0.5) is 11.4 Å². The molecule has 0 radical (unpaired) electrons. The maximum atomic E-state index is 11.6. The highest BCUT2D eigenvalue weighted by molar-refractivity contribution is 5.96. The van der Waals surface area contributed by atoms with Crippen LogP contribution in [0.15, 0.2) is 18.2 Å². The summed E-state index contributed by atoms with van der Waals surface area (Å²) in [6.45, 7) is -0.203. The molecule has 19 heavy (non-hydrogen) atoms. The molecule has 0 aliphatic carbocycles. The van der Waals surface area contributed by atoms with E-state index in [0.717, 1.165) is 0 Å². The molecule has 1 rings (SSSR count). The molecule has 7 nitrogen and oxygen atoms in total. The fraction of sp³-hybridized carbons (Fsp3) is 0.250. The molecule has 0 heterocycles. The first-order chi connectivity index (χ1) is 9.04. The maximum Gasteiger partial charge on any atom is 0.340 e. The summed E-state index contributed by atoms with van der Waals surface area (Å²) in [5.74, 6) is -1.18. The molecule has 5 N–H and O–H groups in total. The van der Waals surface area contributed by atoms with Gasteiger partial charge in [0.15, 0.2) is 6.61 Å². The van der Waals surface area contributed by atoms with Crippen molar-refractivity contribution in [1.29, 1.82) is 5.26 Å². The van der Waals surface area contributed by atoms with E-state index in [1.54, 1.807) is 0 Å². The molecule has 0 saturated heterocycles. The fourth-order valence-corrected chi connectivity index (χ4v) is 1.28. The molecule has 1 aromatic carbocycles. The molecule has 0 spiro atoms. The van der Waals surface area contributed by atoms with Gasteiger partial charge < -0.3 is 21.5 Å². The summed E-state index contributed by atoms with van der Waals surface area (Å²) in [6.07, 6.45) is 0.199. The van der Waals surface area contributed by atoms with Crippen LogP contribution in [0.2, 0.25) is 0 Å². The molecule has 0 aliphatic rings. The number of carbonyl (C=O) groups is 2. The molecule has 7 heteroatoms. The van der Waals surface area contributed by atoms with Crippen molar-refractivity contribution in [2.45, 2.75) is 6.42 Å². The van der Waals surface area contributed by atoms with Crippen LogP contribution in [0.1, 0.15) is 16.8 Å². The van der Waals surface area contributed by atoms with E-state index in [2.05, 4.69) is 5.32 Å². The van der Waals surface area contributed by atoms with Gasteiger partial charge in [-0.1, -0.05) is 0 Å². The van der Waals surface area contributed by atoms with Gasteiger partial charge in [0.2, 0.25) is 0 Å². The van der Waals surface area contributed by atoms with Crippen molar-refractivity contribution in [2.24, 2.45) is 0 Å². The number of amides is 1. The third-order valence-electron chi connectivity index (χ3n) is 2.19. The summed E-state index contributed by atoms with van der Waals surface area (Å²) < 4.78 is 4.79. The molecule has 0 unspecified atom stereocenters. The van der Waals surface area contributed by atoms with Crippen LogP contribution in [0.3, 0.4) is 0 Å². The Balaban J connectivity index is 2.47. The zero-order valence-electron chi connectivity index (χ0n) is 10.2. The number of carbonyl (C=O) groups excluding carboxylic acids is 2. The molecule has 1 aromatic rings. The summed E-state index contributed by atoms with van der Waals surface area (Å²) in [5, 5.41) is 10.7. The number of nitriles is 1. The van der Waals surface area contributed by atoms with Crippen molar-refractivity contribution >= 4 is 23.3 Å². The van der Waals surface area contributed by atoms with Crippen LogP contribution in [-0.4, -0.2) is 25.0 Å². The first-order valence-corrected chi connectivity index (χ1v) is 5.50. The molecular weight excluding hydrogens is 248 g/mol. The van der Waals surface area contributed by atoms with Crippen LogP contribution in [0, 0.1) is 11.3 Å². The summed E-state index contributed by atoms with van der Waals surface area (Å²) in [7, 11) is 0. The Morgan fingerprint density at radius 2 is 2.11 bits per heavy atom. The molecule has 0 fully saturated rings. The molecule has 1 amide bonds. The number of anilines is 2. The smallest absolute Gasteiger partial charge is 0.340 e. The standard InChI is InChI=1S/C12H14N4O3/c13-4-1-5-16-11(17)7-19-12(18)9-3-2-8(14)6-10(9)15/h2-3,6H,1,5,7,14-15H2,(H,16,17). The van der Waals surface area contributed by atoms with Gasteiger partial charge in [-0.05, 0) is 18.2 Å². The predicted octanol–water partition coefficient (Wildman–Crippen LogP) is 0.0377. The lowest BCUT2D eigenvalue weighted by molar-refractivity contribution is -0.124. The van der Waals surface area contributed by atoms with E-state index < -0.39 is 18.5 Å². The summed E-state index contributed by atoms with van der Waals surface area (Å²) >= 11 is 0. The van der Waals surface area contributed by atoms with Crippen LogP contribution in [0.5, 0.6) is 0 Å². The third-order valence-corrected chi connectivity index (χ3v) is 2.19. The highest BCUT2D eigenvalue weighted by atomic mass is 16.5. The lowest BCUT2D eigenvalue weighted by atomic mass is 10.1. The van der Waals surface area contributed by atoms with E-state index in [-0.39, 0.29) is 24.2 Å². The van der Waals surface area contributed by atoms with E-state index in [1.165, 1.54) is 18.2 Å². The van der Waals surface area contributed by atoms with Crippen molar-refractivity contribution in [3.63, 3.8) is 0 Å². The minimum absolute atomic E-state index is 0.152. The predicted molar refractivity (Wildman–Crippen MR) is 68.8 cm³/mol. The quantitative estimate of drug-likeness (QED) is 0.390. The normalized spacial score (nSPS) is 9.42. The van der Waals surface area contributed by atoms with Crippen molar-refractivity contribution in [1.82, 2.24) is 5.32 Å². The molecular formula is C12H14N4O3.